The Morgan fingerprint density at radius 3 is 2.20 bits per heavy atom. The smallest absolute Gasteiger partial charge is 0.345 e. The lowest BCUT2D eigenvalue weighted by Gasteiger charge is -2.16. The van der Waals surface area contributed by atoms with Gasteiger partial charge < -0.3 is 18.9 Å². The number of hydrogen-bond donors (Lipinski definition) is 0. The first-order valence-corrected chi connectivity index (χ1v) is 9.38. The summed E-state index contributed by atoms with van der Waals surface area (Å²) in [5.41, 5.74) is 2.03. The highest BCUT2D eigenvalue weighted by molar-refractivity contribution is 6.30. The molecule has 0 atom stereocenters. The molecule has 0 aliphatic rings. The molecular weight excluding hydrogens is 408 g/mol. The zero-order valence-corrected chi connectivity index (χ0v) is 17.8. The number of ether oxygens (including phenoxy) is 4. The third-order valence-corrected chi connectivity index (χ3v) is 4.41. The van der Waals surface area contributed by atoms with Gasteiger partial charge in [-0.15, -0.1) is 6.58 Å². The highest BCUT2D eigenvalue weighted by atomic mass is 35.5. The fraction of sp³-hybridized carbons (Fsp3) is 0.217. The van der Waals surface area contributed by atoms with Crippen molar-refractivity contribution in [3.63, 3.8) is 0 Å². The van der Waals surface area contributed by atoms with Crippen molar-refractivity contribution < 1.29 is 28.5 Å². The maximum Gasteiger partial charge on any atom is 0.345 e. The van der Waals surface area contributed by atoms with E-state index in [2.05, 4.69) is 16.1 Å². The summed E-state index contributed by atoms with van der Waals surface area (Å²) in [7, 11) is 3.89. The molecule has 0 N–H and O–H groups in total. The number of benzene rings is 2. The fourth-order valence-electron chi connectivity index (χ4n) is 2.71. The Kier molecular flexibility index (Phi) is 8.50. The van der Waals surface area contributed by atoms with E-state index in [0.717, 1.165) is 11.1 Å². The lowest BCUT2D eigenvalue weighted by atomic mass is 10.0. The second-order valence-corrected chi connectivity index (χ2v) is 6.60. The molecule has 158 valence electrons. The molecule has 0 spiro atoms. The lowest BCUT2D eigenvalue weighted by molar-refractivity contribution is -0.143. The number of hydrogen-bond acceptors (Lipinski definition) is 6. The molecule has 0 saturated heterocycles. The van der Waals surface area contributed by atoms with Crippen molar-refractivity contribution in [3.8, 4) is 11.5 Å². The number of halogens is 1. The standard InChI is InChI=1S/C23H23ClO6/c1-5-6-17-11-16(12-19(22(25)28-3)23(26)29-4)13-20(27-2)21(17)30-14-15-7-9-18(24)10-8-15/h5,7-13H,1,6,14H2,2-4H3. The van der Waals surface area contributed by atoms with E-state index < -0.39 is 11.9 Å². The molecule has 0 saturated carbocycles. The Balaban J connectivity index is 2.45. The molecule has 0 unspecified atom stereocenters. The third kappa shape index (κ3) is 5.87. The van der Waals surface area contributed by atoms with E-state index in [1.807, 2.05) is 12.1 Å². The summed E-state index contributed by atoms with van der Waals surface area (Å²) in [6.45, 7) is 4.09. The van der Waals surface area contributed by atoms with Crippen LogP contribution < -0.4 is 9.47 Å². The van der Waals surface area contributed by atoms with Gasteiger partial charge in [-0.25, -0.2) is 9.59 Å². The minimum absolute atomic E-state index is 0.235. The van der Waals surface area contributed by atoms with Crippen molar-refractivity contribution in [2.75, 3.05) is 21.3 Å². The van der Waals surface area contributed by atoms with Crippen LogP contribution in [0, 0.1) is 0 Å². The molecule has 2 aromatic rings. The molecule has 0 bridgehead atoms. The molecule has 0 heterocycles. The highest BCUT2D eigenvalue weighted by Gasteiger charge is 2.21. The minimum Gasteiger partial charge on any atom is -0.493 e. The van der Waals surface area contributed by atoms with Crippen LogP contribution in [0.2, 0.25) is 5.02 Å². The van der Waals surface area contributed by atoms with Crippen LogP contribution in [-0.2, 0) is 32.1 Å². The SMILES string of the molecule is C=CCc1cc(C=C(C(=O)OC)C(=O)OC)cc(OC)c1OCc1ccc(Cl)cc1. The molecule has 2 rings (SSSR count). The Morgan fingerprint density at radius 1 is 1.03 bits per heavy atom. The molecule has 0 aliphatic heterocycles. The van der Waals surface area contributed by atoms with E-state index >= 15 is 0 Å². The van der Waals surface area contributed by atoms with Crippen LogP contribution in [0.25, 0.3) is 6.08 Å². The molecule has 0 aromatic heterocycles. The summed E-state index contributed by atoms with van der Waals surface area (Å²) in [5, 5.41) is 0.645. The highest BCUT2D eigenvalue weighted by Crippen LogP contribution is 2.35. The maximum atomic E-state index is 12.0. The largest absolute Gasteiger partial charge is 0.493 e. The quantitative estimate of drug-likeness (QED) is 0.193. The topological polar surface area (TPSA) is 71.1 Å². The molecule has 2 aromatic carbocycles. The average molecular weight is 431 g/mol. The lowest BCUT2D eigenvalue weighted by Crippen LogP contribution is -2.15. The van der Waals surface area contributed by atoms with Crippen molar-refractivity contribution >= 4 is 29.6 Å². The number of carbonyl (C=O) groups is 2. The molecule has 30 heavy (non-hydrogen) atoms. The fourth-order valence-corrected chi connectivity index (χ4v) is 2.84. The van der Waals surface area contributed by atoms with E-state index in [1.165, 1.54) is 27.4 Å². The first kappa shape index (κ1) is 23.0. The third-order valence-electron chi connectivity index (χ3n) is 4.16. The summed E-state index contributed by atoms with van der Waals surface area (Å²) in [5.74, 6) is -0.603. The Labute approximate surface area is 180 Å². The van der Waals surface area contributed by atoms with Gasteiger partial charge in [0.25, 0.3) is 0 Å². The van der Waals surface area contributed by atoms with Crippen LogP contribution >= 0.6 is 11.6 Å². The van der Waals surface area contributed by atoms with E-state index in [9.17, 15) is 9.59 Å². The van der Waals surface area contributed by atoms with Crippen molar-refractivity contribution in [1.29, 1.82) is 0 Å². The van der Waals surface area contributed by atoms with Gasteiger partial charge in [-0.3, -0.25) is 0 Å². The van der Waals surface area contributed by atoms with Crippen LogP contribution in [-0.4, -0.2) is 33.3 Å². The van der Waals surface area contributed by atoms with Gasteiger partial charge in [0.1, 0.15) is 12.2 Å². The molecule has 6 nitrogen and oxygen atoms in total. The van der Waals surface area contributed by atoms with Gasteiger partial charge >= 0.3 is 11.9 Å². The predicted molar refractivity (Wildman–Crippen MR) is 115 cm³/mol. The number of esters is 2. The summed E-state index contributed by atoms with van der Waals surface area (Å²) in [6, 6.07) is 10.8. The van der Waals surface area contributed by atoms with Gasteiger partial charge in [-0.05, 0) is 47.9 Å². The monoisotopic (exact) mass is 430 g/mol. The minimum atomic E-state index is -0.797. The zero-order chi connectivity index (χ0) is 22.1. The maximum absolute atomic E-state index is 12.0. The van der Waals surface area contributed by atoms with Gasteiger partial charge in [0, 0.05) is 10.6 Å². The van der Waals surface area contributed by atoms with Crippen molar-refractivity contribution in [2.24, 2.45) is 0 Å². The van der Waals surface area contributed by atoms with Crippen molar-refractivity contribution in [1.82, 2.24) is 0 Å². The number of methoxy groups -OCH3 is 3. The number of allylic oxidation sites excluding steroid dienone is 1. The van der Waals surface area contributed by atoms with Crippen LogP contribution in [0.4, 0.5) is 0 Å². The Morgan fingerprint density at radius 2 is 1.67 bits per heavy atom. The average Bonchev–Trinajstić information content (AvgIpc) is 2.76. The van der Waals surface area contributed by atoms with E-state index in [0.29, 0.717) is 35.1 Å². The molecular formula is C23H23ClO6. The van der Waals surface area contributed by atoms with E-state index in [1.54, 1.807) is 30.3 Å². The molecule has 7 heteroatoms. The van der Waals surface area contributed by atoms with E-state index in [4.69, 9.17) is 21.1 Å². The number of rotatable bonds is 9. The van der Waals surface area contributed by atoms with E-state index in [-0.39, 0.29) is 5.57 Å². The van der Waals surface area contributed by atoms with Crippen molar-refractivity contribution in [2.45, 2.75) is 13.0 Å². The summed E-state index contributed by atoms with van der Waals surface area (Å²) in [6.07, 6.45) is 3.59. The number of carbonyl (C=O) groups excluding carboxylic acids is 2. The molecule has 0 radical (unpaired) electrons. The van der Waals surface area contributed by atoms with Gasteiger partial charge in [-0.1, -0.05) is 29.8 Å². The van der Waals surface area contributed by atoms with Crippen molar-refractivity contribution in [3.05, 3.63) is 76.3 Å². The molecule has 0 fully saturated rings. The Hall–Kier alpha value is -3.25. The van der Waals surface area contributed by atoms with Crippen LogP contribution in [0.1, 0.15) is 16.7 Å². The summed E-state index contributed by atoms with van der Waals surface area (Å²) < 4.78 is 20.9. The summed E-state index contributed by atoms with van der Waals surface area (Å²) >= 11 is 5.92. The Bertz CT molecular complexity index is 929. The molecule has 0 aliphatic carbocycles. The van der Waals surface area contributed by atoms with Crippen LogP contribution in [0.3, 0.4) is 0 Å². The normalized spacial score (nSPS) is 10.0. The zero-order valence-electron chi connectivity index (χ0n) is 17.1. The van der Waals surface area contributed by atoms with Crippen LogP contribution in [0.5, 0.6) is 11.5 Å². The van der Waals surface area contributed by atoms with Gasteiger partial charge in [0.15, 0.2) is 11.5 Å². The predicted octanol–water partition coefficient (Wildman–Crippen LogP) is 4.39. The van der Waals surface area contributed by atoms with Gasteiger partial charge in [0.05, 0.1) is 21.3 Å². The first-order valence-electron chi connectivity index (χ1n) is 9.00. The van der Waals surface area contributed by atoms with Crippen LogP contribution in [0.15, 0.2) is 54.6 Å². The molecule has 0 amide bonds. The summed E-state index contributed by atoms with van der Waals surface area (Å²) in [4.78, 5) is 23.9. The first-order chi connectivity index (χ1) is 14.4. The van der Waals surface area contributed by atoms with Gasteiger partial charge in [0.2, 0.25) is 0 Å². The van der Waals surface area contributed by atoms with Gasteiger partial charge in [-0.2, -0.15) is 0 Å². The second kappa shape index (κ2) is 11.1. The second-order valence-electron chi connectivity index (χ2n) is 6.16.